The molecule has 0 N–H and O–H groups in total. The van der Waals surface area contributed by atoms with Gasteiger partial charge in [0.15, 0.2) is 0 Å². The third kappa shape index (κ3) is 16.6. The van der Waals surface area contributed by atoms with Gasteiger partial charge in [0, 0.05) is 10.6 Å². The summed E-state index contributed by atoms with van der Waals surface area (Å²) in [7, 11) is 0. The van der Waals surface area contributed by atoms with Crippen LogP contribution in [0, 0.1) is 12.3 Å². The topological polar surface area (TPSA) is 9.23 Å². The van der Waals surface area contributed by atoms with Crippen LogP contribution in [-0.2, 0) is 27.8 Å². The fourth-order valence-electron chi connectivity index (χ4n) is 4.89. The van der Waals surface area contributed by atoms with Crippen LogP contribution in [-0.4, -0.2) is 0 Å². The van der Waals surface area contributed by atoms with Gasteiger partial charge in [0.1, 0.15) is 11.5 Å². The molecule has 0 unspecified atom stereocenters. The Morgan fingerprint density at radius 3 is 1.35 bits per heavy atom. The Morgan fingerprint density at radius 2 is 0.909 bits per heavy atom. The number of halogens is 5. The van der Waals surface area contributed by atoms with Crippen LogP contribution in [0.2, 0.25) is 10.0 Å². The van der Waals surface area contributed by atoms with Crippen molar-refractivity contribution in [2.75, 3.05) is 0 Å². The third-order valence-electron chi connectivity index (χ3n) is 8.42. The number of para-hydroxylation sites is 1. The summed E-state index contributed by atoms with van der Waals surface area (Å²) in [4.78, 5) is 0. The first-order valence-electron chi connectivity index (χ1n) is 18.3. The molecule has 0 saturated carbocycles. The van der Waals surface area contributed by atoms with E-state index in [9.17, 15) is 13.2 Å². The lowest BCUT2D eigenvalue weighted by Crippen LogP contribution is -2.14. The molecule has 294 valence electrons. The second kappa shape index (κ2) is 19.6. The largest absolute Gasteiger partial charge is 0.457 e. The van der Waals surface area contributed by atoms with Crippen molar-refractivity contribution < 1.29 is 17.9 Å². The SMILES string of the molecule is C#Cc1cccc(C(C)(C)C)c1.CC(C)(C)c1ccc(Cl)c(C(F)(F)F)c1.CC(C)(C)c1ccc(Oc2ccccc2)cc1.CC(C)(C)c1cccc(Cl)c1. The number of benzene rings is 5. The van der Waals surface area contributed by atoms with E-state index in [-0.39, 0.29) is 26.7 Å². The molecule has 0 spiro atoms. The Balaban J connectivity index is 0.000000257. The van der Waals surface area contributed by atoms with Gasteiger partial charge < -0.3 is 4.74 Å². The maximum atomic E-state index is 12.5. The summed E-state index contributed by atoms with van der Waals surface area (Å²) < 4.78 is 43.3. The maximum Gasteiger partial charge on any atom is 0.417 e. The Labute approximate surface area is 339 Å². The van der Waals surface area contributed by atoms with Crippen LogP contribution in [0.15, 0.2) is 121 Å². The van der Waals surface area contributed by atoms with Crippen LogP contribution >= 0.6 is 23.2 Å². The first-order valence-corrected chi connectivity index (χ1v) is 19.0. The van der Waals surface area contributed by atoms with Gasteiger partial charge in [0.2, 0.25) is 0 Å². The summed E-state index contributed by atoms with van der Waals surface area (Å²) in [5.41, 5.74) is 4.97. The van der Waals surface area contributed by atoms with Crippen LogP contribution in [0.1, 0.15) is 116 Å². The Bertz CT molecular complexity index is 1960. The van der Waals surface area contributed by atoms with Gasteiger partial charge >= 0.3 is 6.18 Å². The molecule has 0 aliphatic carbocycles. The number of alkyl halides is 3. The van der Waals surface area contributed by atoms with Gasteiger partial charge in [-0.15, -0.1) is 6.42 Å². The number of rotatable bonds is 2. The summed E-state index contributed by atoms with van der Waals surface area (Å²) in [6.07, 6.45) is 0.921. The first-order chi connectivity index (χ1) is 25.2. The number of terminal acetylenes is 1. The second-order valence-corrected chi connectivity index (χ2v) is 18.2. The quantitative estimate of drug-likeness (QED) is 0.162. The van der Waals surface area contributed by atoms with Crippen molar-refractivity contribution in [2.45, 2.75) is 111 Å². The Hall–Kier alpha value is -4.17. The molecule has 0 saturated heterocycles. The fraction of sp³-hybridized carbons (Fsp3) is 0.347. The van der Waals surface area contributed by atoms with Gasteiger partial charge in [0.05, 0.1) is 10.6 Å². The van der Waals surface area contributed by atoms with Gasteiger partial charge in [-0.25, -0.2) is 0 Å². The van der Waals surface area contributed by atoms with Crippen molar-refractivity contribution in [1.82, 2.24) is 0 Å². The minimum absolute atomic E-state index is 0.186. The molecular formula is C49H57Cl2F3O. The number of hydrogen-bond acceptors (Lipinski definition) is 1. The summed E-state index contributed by atoms with van der Waals surface area (Å²) >= 11 is 11.4. The molecule has 5 aromatic rings. The van der Waals surface area contributed by atoms with E-state index in [0.29, 0.717) is 5.56 Å². The molecule has 0 atom stereocenters. The lowest BCUT2D eigenvalue weighted by atomic mass is 9.86. The van der Waals surface area contributed by atoms with E-state index < -0.39 is 11.7 Å². The summed E-state index contributed by atoms with van der Waals surface area (Å²) in [6.45, 7) is 25.3. The molecule has 0 radical (unpaired) electrons. The lowest BCUT2D eigenvalue weighted by molar-refractivity contribution is -0.137. The van der Waals surface area contributed by atoms with Crippen molar-refractivity contribution in [3.05, 3.63) is 165 Å². The lowest BCUT2D eigenvalue weighted by Gasteiger charge is -2.21. The molecule has 1 nitrogen and oxygen atoms in total. The average molecular weight is 790 g/mol. The van der Waals surface area contributed by atoms with Crippen molar-refractivity contribution in [3.8, 4) is 23.8 Å². The van der Waals surface area contributed by atoms with E-state index in [1.165, 1.54) is 22.8 Å². The monoisotopic (exact) mass is 788 g/mol. The van der Waals surface area contributed by atoms with Crippen LogP contribution in [0.4, 0.5) is 13.2 Å². The summed E-state index contributed by atoms with van der Waals surface area (Å²) in [6, 6.07) is 38.3. The molecule has 5 rings (SSSR count). The predicted molar refractivity (Wildman–Crippen MR) is 230 cm³/mol. The van der Waals surface area contributed by atoms with Crippen LogP contribution in [0.3, 0.4) is 0 Å². The second-order valence-electron chi connectivity index (χ2n) is 17.4. The zero-order chi connectivity index (χ0) is 41.8. The van der Waals surface area contributed by atoms with Crippen LogP contribution in [0.5, 0.6) is 11.5 Å². The standard InChI is InChI=1S/C16H18O.C12H14.C11H12ClF3.C10H13Cl/c1-16(2,3)13-9-11-15(12-10-13)17-14-7-5-4-6-8-14;1-5-10-7-6-8-11(9-10)12(2,3)4;1-10(2,3)7-4-5-9(12)8(6-7)11(13,14)15;1-10(2,3)8-5-4-6-9(11)7-8/h4-12H,1-3H3;1,6-9H,2-4H3;4-6H,1-3H3;4-7H,1-3H3. The third-order valence-corrected chi connectivity index (χ3v) is 8.99. The highest BCUT2D eigenvalue weighted by Crippen LogP contribution is 2.37. The minimum Gasteiger partial charge on any atom is -0.457 e. The molecular weight excluding hydrogens is 732 g/mol. The molecule has 5 aromatic carbocycles. The van der Waals surface area contributed by atoms with Crippen LogP contribution < -0.4 is 4.74 Å². The van der Waals surface area contributed by atoms with Gasteiger partial charge in [-0.05, 0) is 105 Å². The molecule has 55 heavy (non-hydrogen) atoms. The van der Waals surface area contributed by atoms with Gasteiger partial charge in [-0.1, -0.05) is 173 Å². The molecule has 0 heterocycles. The Kier molecular flexibility index (Phi) is 16.8. The number of hydrogen-bond donors (Lipinski definition) is 0. The highest BCUT2D eigenvalue weighted by Gasteiger charge is 2.34. The highest BCUT2D eigenvalue weighted by atomic mass is 35.5. The fourth-order valence-corrected chi connectivity index (χ4v) is 5.30. The zero-order valence-corrected chi connectivity index (χ0v) is 35.9. The molecule has 0 aliphatic rings. The average Bonchev–Trinajstić information content (AvgIpc) is 3.08. The maximum absolute atomic E-state index is 12.5. The molecule has 0 aliphatic heterocycles. The van der Waals surface area contributed by atoms with E-state index in [2.05, 4.69) is 98.6 Å². The summed E-state index contributed by atoms with van der Waals surface area (Å²) in [5.74, 6) is 4.39. The van der Waals surface area contributed by atoms with Crippen molar-refractivity contribution in [2.24, 2.45) is 0 Å². The van der Waals surface area contributed by atoms with Crippen molar-refractivity contribution >= 4 is 23.2 Å². The van der Waals surface area contributed by atoms with E-state index in [1.54, 1.807) is 6.07 Å². The van der Waals surface area contributed by atoms with E-state index in [1.807, 2.05) is 93.6 Å². The molecule has 0 aromatic heterocycles. The van der Waals surface area contributed by atoms with Gasteiger partial charge in [0.25, 0.3) is 0 Å². The van der Waals surface area contributed by atoms with Crippen molar-refractivity contribution in [1.29, 1.82) is 0 Å². The van der Waals surface area contributed by atoms with Crippen molar-refractivity contribution in [3.63, 3.8) is 0 Å². The van der Waals surface area contributed by atoms with E-state index in [4.69, 9.17) is 34.4 Å². The van der Waals surface area contributed by atoms with Gasteiger partial charge in [-0.2, -0.15) is 13.2 Å². The molecule has 0 amide bonds. The van der Waals surface area contributed by atoms with E-state index >= 15 is 0 Å². The normalized spacial score (nSPS) is 11.7. The zero-order valence-electron chi connectivity index (χ0n) is 34.4. The molecule has 6 heteroatoms. The summed E-state index contributed by atoms with van der Waals surface area (Å²) in [5, 5.41) is 0.563. The predicted octanol–water partition coefficient (Wildman–Crippen LogP) is 16.0. The minimum atomic E-state index is -4.39. The number of ether oxygens (including phenoxy) is 1. The molecule has 0 bridgehead atoms. The van der Waals surface area contributed by atoms with Crippen LogP contribution in [0.25, 0.3) is 0 Å². The first kappa shape index (κ1) is 47.0. The Morgan fingerprint density at radius 1 is 0.473 bits per heavy atom. The highest BCUT2D eigenvalue weighted by molar-refractivity contribution is 6.31. The van der Waals surface area contributed by atoms with E-state index in [0.717, 1.165) is 28.2 Å². The smallest absolute Gasteiger partial charge is 0.417 e. The molecule has 0 fully saturated rings. The van der Waals surface area contributed by atoms with Gasteiger partial charge in [-0.3, -0.25) is 0 Å².